The van der Waals surface area contributed by atoms with Crippen LogP contribution in [0.1, 0.15) is 30.6 Å². The van der Waals surface area contributed by atoms with Crippen molar-refractivity contribution >= 4 is 0 Å². The average molecular weight is 247 g/mol. The summed E-state index contributed by atoms with van der Waals surface area (Å²) in [7, 11) is 1.58. The Labute approximate surface area is 106 Å². The number of hydrogen-bond acceptors (Lipinski definition) is 5. The third-order valence-corrected chi connectivity index (χ3v) is 2.64. The van der Waals surface area contributed by atoms with Crippen LogP contribution >= 0.6 is 0 Å². The van der Waals surface area contributed by atoms with Gasteiger partial charge in [-0.15, -0.1) is 10.2 Å². The van der Waals surface area contributed by atoms with E-state index in [9.17, 15) is 0 Å². The largest absolute Gasteiger partial charge is 0.480 e. The van der Waals surface area contributed by atoms with Gasteiger partial charge in [0.05, 0.1) is 31.4 Å². The Morgan fingerprint density at radius 2 is 2.22 bits per heavy atom. The first-order valence-electron chi connectivity index (χ1n) is 5.98. The predicted octanol–water partition coefficient (Wildman–Crippen LogP) is 2.17. The van der Waals surface area contributed by atoms with Crippen LogP contribution in [0.5, 0.6) is 5.88 Å². The molecule has 0 aliphatic heterocycles. The number of methoxy groups -OCH3 is 1. The highest BCUT2D eigenvalue weighted by molar-refractivity contribution is 5.25. The Hall–Kier alpha value is -1.88. The van der Waals surface area contributed by atoms with Crippen molar-refractivity contribution < 1.29 is 9.15 Å². The van der Waals surface area contributed by atoms with Crippen molar-refractivity contribution in [3.8, 4) is 5.88 Å². The molecule has 0 aromatic carbocycles. The molecule has 0 saturated carbocycles. The Kier molecular flexibility index (Phi) is 4.30. The Bertz CT molecular complexity index is 454. The van der Waals surface area contributed by atoms with Gasteiger partial charge in [0.15, 0.2) is 0 Å². The predicted molar refractivity (Wildman–Crippen MR) is 67.4 cm³/mol. The molecule has 2 heterocycles. The van der Waals surface area contributed by atoms with Crippen LogP contribution in [0.3, 0.4) is 0 Å². The maximum absolute atomic E-state index is 5.13. The molecule has 2 rings (SSSR count). The van der Waals surface area contributed by atoms with E-state index >= 15 is 0 Å². The SMILES string of the molecule is CCCNC(c1ccoc1)c1ccc(OC)nn1. The van der Waals surface area contributed by atoms with E-state index in [1.807, 2.05) is 18.2 Å². The molecule has 5 nitrogen and oxygen atoms in total. The maximum Gasteiger partial charge on any atom is 0.233 e. The average Bonchev–Trinajstić information content (AvgIpc) is 2.94. The number of aromatic nitrogens is 2. The van der Waals surface area contributed by atoms with Crippen molar-refractivity contribution in [1.29, 1.82) is 0 Å². The zero-order chi connectivity index (χ0) is 12.8. The zero-order valence-corrected chi connectivity index (χ0v) is 10.6. The Morgan fingerprint density at radius 3 is 2.78 bits per heavy atom. The third kappa shape index (κ3) is 2.87. The van der Waals surface area contributed by atoms with Crippen LogP contribution in [0, 0.1) is 0 Å². The van der Waals surface area contributed by atoms with Crippen molar-refractivity contribution in [3.63, 3.8) is 0 Å². The first-order chi connectivity index (χ1) is 8.85. The number of furan rings is 1. The monoisotopic (exact) mass is 247 g/mol. The van der Waals surface area contributed by atoms with Crippen molar-refractivity contribution in [1.82, 2.24) is 15.5 Å². The van der Waals surface area contributed by atoms with Crippen LogP contribution in [0.15, 0.2) is 35.1 Å². The molecule has 0 aliphatic rings. The van der Waals surface area contributed by atoms with E-state index in [1.54, 1.807) is 19.6 Å². The first kappa shape index (κ1) is 12.6. The van der Waals surface area contributed by atoms with E-state index < -0.39 is 0 Å². The molecular formula is C13H17N3O2. The molecule has 2 aromatic heterocycles. The van der Waals surface area contributed by atoms with Crippen LogP contribution in [0.25, 0.3) is 0 Å². The van der Waals surface area contributed by atoms with Gasteiger partial charge in [-0.3, -0.25) is 0 Å². The molecular weight excluding hydrogens is 230 g/mol. The van der Waals surface area contributed by atoms with Crippen molar-refractivity contribution in [2.24, 2.45) is 0 Å². The topological polar surface area (TPSA) is 60.2 Å². The second kappa shape index (κ2) is 6.16. The second-order valence-corrected chi connectivity index (χ2v) is 3.94. The molecule has 0 bridgehead atoms. The molecule has 0 aliphatic carbocycles. The van der Waals surface area contributed by atoms with Crippen LogP contribution < -0.4 is 10.1 Å². The summed E-state index contributed by atoms with van der Waals surface area (Å²) in [6.45, 7) is 3.03. The summed E-state index contributed by atoms with van der Waals surface area (Å²) in [6.07, 6.45) is 4.43. The third-order valence-electron chi connectivity index (χ3n) is 2.64. The Balaban J connectivity index is 2.21. The smallest absolute Gasteiger partial charge is 0.233 e. The minimum Gasteiger partial charge on any atom is -0.480 e. The van der Waals surface area contributed by atoms with E-state index in [-0.39, 0.29) is 6.04 Å². The van der Waals surface area contributed by atoms with Crippen LogP contribution in [0.4, 0.5) is 0 Å². The lowest BCUT2D eigenvalue weighted by atomic mass is 10.1. The second-order valence-electron chi connectivity index (χ2n) is 3.94. The molecule has 0 amide bonds. The summed E-state index contributed by atoms with van der Waals surface area (Å²) in [4.78, 5) is 0. The van der Waals surface area contributed by atoms with Gasteiger partial charge >= 0.3 is 0 Å². The van der Waals surface area contributed by atoms with Gasteiger partial charge < -0.3 is 14.5 Å². The quantitative estimate of drug-likeness (QED) is 0.847. The molecule has 0 spiro atoms. The molecule has 0 fully saturated rings. The van der Waals surface area contributed by atoms with Crippen LogP contribution in [-0.2, 0) is 0 Å². The molecule has 1 N–H and O–H groups in total. The van der Waals surface area contributed by atoms with E-state index in [4.69, 9.17) is 9.15 Å². The molecule has 2 aromatic rings. The number of rotatable bonds is 6. The van der Waals surface area contributed by atoms with Crippen molar-refractivity contribution in [2.45, 2.75) is 19.4 Å². The van der Waals surface area contributed by atoms with E-state index in [0.717, 1.165) is 24.2 Å². The molecule has 5 heteroatoms. The molecule has 1 unspecified atom stereocenters. The fraction of sp³-hybridized carbons (Fsp3) is 0.385. The summed E-state index contributed by atoms with van der Waals surface area (Å²) in [5, 5.41) is 11.6. The fourth-order valence-corrected chi connectivity index (χ4v) is 1.71. The number of hydrogen-bond donors (Lipinski definition) is 1. The zero-order valence-electron chi connectivity index (χ0n) is 10.6. The van der Waals surface area contributed by atoms with Crippen molar-refractivity contribution in [2.75, 3.05) is 13.7 Å². The summed E-state index contributed by atoms with van der Waals surface area (Å²) in [5.41, 5.74) is 1.90. The van der Waals surface area contributed by atoms with Gasteiger partial charge in [0.1, 0.15) is 0 Å². The first-order valence-corrected chi connectivity index (χ1v) is 5.98. The molecule has 18 heavy (non-hydrogen) atoms. The summed E-state index contributed by atoms with van der Waals surface area (Å²) < 4.78 is 10.1. The van der Waals surface area contributed by atoms with Gasteiger partial charge in [-0.25, -0.2) is 0 Å². The standard InChI is InChI=1S/C13H17N3O2/c1-3-7-14-13(10-6-8-18-9-10)11-4-5-12(17-2)16-15-11/h4-6,8-9,13-14H,3,7H2,1-2H3. The van der Waals surface area contributed by atoms with Gasteiger partial charge in [-0.05, 0) is 25.1 Å². The highest BCUT2D eigenvalue weighted by Crippen LogP contribution is 2.21. The summed E-state index contributed by atoms with van der Waals surface area (Å²) in [5.74, 6) is 0.514. The van der Waals surface area contributed by atoms with E-state index in [2.05, 4.69) is 22.4 Å². The molecule has 0 radical (unpaired) electrons. The fourth-order valence-electron chi connectivity index (χ4n) is 1.71. The van der Waals surface area contributed by atoms with E-state index in [0.29, 0.717) is 5.88 Å². The van der Waals surface area contributed by atoms with Crippen LogP contribution in [-0.4, -0.2) is 23.9 Å². The molecule has 1 atom stereocenters. The van der Waals surface area contributed by atoms with Gasteiger partial charge in [0, 0.05) is 11.6 Å². The summed E-state index contributed by atoms with van der Waals surface area (Å²) in [6, 6.07) is 5.65. The minimum absolute atomic E-state index is 0.00195. The van der Waals surface area contributed by atoms with Crippen molar-refractivity contribution in [3.05, 3.63) is 42.0 Å². The minimum atomic E-state index is 0.00195. The van der Waals surface area contributed by atoms with Gasteiger partial charge in [-0.1, -0.05) is 6.92 Å². The molecule has 96 valence electrons. The lowest BCUT2D eigenvalue weighted by molar-refractivity contribution is 0.390. The van der Waals surface area contributed by atoms with Gasteiger partial charge in [0.2, 0.25) is 5.88 Å². The van der Waals surface area contributed by atoms with Gasteiger partial charge in [0.25, 0.3) is 0 Å². The lowest BCUT2D eigenvalue weighted by Crippen LogP contribution is -2.24. The highest BCUT2D eigenvalue weighted by Gasteiger charge is 2.16. The number of nitrogens with one attached hydrogen (secondary N) is 1. The highest BCUT2D eigenvalue weighted by atomic mass is 16.5. The van der Waals surface area contributed by atoms with Crippen LogP contribution in [0.2, 0.25) is 0 Å². The maximum atomic E-state index is 5.13. The van der Waals surface area contributed by atoms with Gasteiger partial charge in [-0.2, -0.15) is 0 Å². The van der Waals surface area contributed by atoms with E-state index in [1.165, 1.54) is 0 Å². The lowest BCUT2D eigenvalue weighted by Gasteiger charge is -2.15. The Morgan fingerprint density at radius 1 is 1.33 bits per heavy atom. The normalized spacial score (nSPS) is 12.3. The summed E-state index contributed by atoms with van der Waals surface area (Å²) >= 11 is 0. The molecule has 0 saturated heterocycles. The number of ether oxygens (including phenoxy) is 1. The number of nitrogens with zero attached hydrogens (tertiary/aromatic N) is 2.